The summed E-state index contributed by atoms with van der Waals surface area (Å²) in [4.78, 5) is 7.06. The molecule has 1 N–H and O–H groups in total. The Hall–Kier alpha value is -1.66. The normalized spacial score (nSPS) is 17.5. The maximum absolute atomic E-state index is 13.6. The molecule has 26 heavy (non-hydrogen) atoms. The van der Waals surface area contributed by atoms with Gasteiger partial charge in [-0.2, -0.15) is 0 Å². The molecule has 1 aliphatic heterocycles. The van der Waals surface area contributed by atoms with E-state index >= 15 is 0 Å². The molecule has 3 aromatic rings. The number of aryl methyl sites for hydroxylation is 1. The summed E-state index contributed by atoms with van der Waals surface area (Å²) in [6.45, 7) is 5.57. The lowest BCUT2D eigenvalue weighted by Crippen LogP contribution is -2.45. The second kappa shape index (κ2) is 8.82. The van der Waals surface area contributed by atoms with Gasteiger partial charge < -0.3 is 9.72 Å². The van der Waals surface area contributed by atoms with Gasteiger partial charge in [-0.1, -0.05) is 18.2 Å². The quantitative estimate of drug-likeness (QED) is 0.731. The number of rotatable bonds is 3. The van der Waals surface area contributed by atoms with Crippen molar-refractivity contribution in [3.05, 3.63) is 71.4 Å². The van der Waals surface area contributed by atoms with E-state index in [-0.39, 0.29) is 36.7 Å². The van der Waals surface area contributed by atoms with Gasteiger partial charge in [0.2, 0.25) is 0 Å². The third kappa shape index (κ3) is 4.01. The highest BCUT2D eigenvalue weighted by molar-refractivity contribution is 5.85. The molecule has 0 bridgehead atoms. The van der Waals surface area contributed by atoms with E-state index in [0.29, 0.717) is 0 Å². The fourth-order valence-corrected chi connectivity index (χ4v) is 3.53. The van der Waals surface area contributed by atoms with Crippen molar-refractivity contribution in [1.82, 2.24) is 19.6 Å². The van der Waals surface area contributed by atoms with Crippen LogP contribution in [0, 0.1) is 12.7 Å². The van der Waals surface area contributed by atoms with Gasteiger partial charge in [-0.05, 0) is 36.8 Å². The van der Waals surface area contributed by atoms with Gasteiger partial charge in [-0.3, -0.25) is 4.90 Å². The fraction of sp³-hybridized carbons (Fsp3) is 0.316. The number of aromatic nitrogens is 2. The van der Waals surface area contributed by atoms with Gasteiger partial charge in [0, 0.05) is 38.4 Å². The van der Waals surface area contributed by atoms with Gasteiger partial charge in [0.05, 0.1) is 11.4 Å². The first-order chi connectivity index (χ1) is 11.7. The van der Waals surface area contributed by atoms with E-state index < -0.39 is 0 Å². The average Bonchev–Trinajstić information content (AvgIpc) is 2.91. The summed E-state index contributed by atoms with van der Waals surface area (Å²) >= 11 is 0. The minimum atomic E-state index is -0.177. The number of fused-ring (bicyclic) bond motifs is 1. The van der Waals surface area contributed by atoms with E-state index in [9.17, 15) is 4.39 Å². The van der Waals surface area contributed by atoms with Crippen LogP contribution in [0.2, 0.25) is 0 Å². The molecule has 1 aromatic carbocycles. The summed E-state index contributed by atoms with van der Waals surface area (Å²) in [5.41, 5.74) is 4.25. The number of piperazine rings is 1. The van der Waals surface area contributed by atoms with Gasteiger partial charge in [0.25, 0.3) is 0 Å². The smallest absolute Gasteiger partial charge is 0.137 e. The molecule has 1 unspecified atom stereocenters. The molecule has 7 heteroatoms. The van der Waals surface area contributed by atoms with Crippen LogP contribution in [0.25, 0.3) is 5.65 Å². The van der Waals surface area contributed by atoms with Crippen LogP contribution in [0.1, 0.15) is 23.0 Å². The summed E-state index contributed by atoms with van der Waals surface area (Å²) in [6, 6.07) is 13.2. The van der Waals surface area contributed by atoms with E-state index in [1.54, 1.807) is 12.1 Å². The molecule has 0 spiro atoms. The molecule has 4 nitrogen and oxygen atoms in total. The number of nitrogens with one attached hydrogen (secondary N) is 1. The van der Waals surface area contributed by atoms with Crippen molar-refractivity contribution in [1.29, 1.82) is 0 Å². The molecular weight excluding hydrogens is 374 g/mol. The van der Waals surface area contributed by atoms with E-state index in [2.05, 4.69) is 32.7 Å². The maximum Gasteiger partial charge on any atom is 0.137 e. The monoisotopic (exact) mass is 396 g/mol. The van der Waals surface area contributed by atoms with Crippen molar-refractivity contribution in [2.24, 2.45) is 0 Å². The predicted molar refractivity (Wildman–Crippen MR) is 107 cm³/mol. The minimum Gasteiger partial charge on any atom is -0.314 e. The molecule has 0 saturated carbocycles. The number of halogens is 3. The van der Waals surface area contributed by atoms with Crippen LogP contribution in [-0.4, -0.2) is 33.9 Å². The lowest BCUT2D eigenvalue weighted by Gasteiger charge is -2.36. The predicted octanol–water partition coefficient (Wildman–Crippen LogP) is 3.77. The van der Waals surface area contributed by atoms with Crippen molar-refractivity contribution >= 4 is 30.5 Å². The largest absolute Gasteiger partial charge is 0.314 e. The third-order valence-corrected chi connectivity index (χ3v) is 4.77. The number of benzene rings is 1. The van der Waals surface area contributed by atoms with Crippen LogP contribution in [0.3, 0.4) is 0 Å². The molecule has 4 rings (SSSR count). The highest BCUT2D eigenvalue weighted by Gasteiger charge is 2.25. The lowest BCUT2D eigenvalue weighted by molar-refractivity contribution is 0.151. The first-order valence-electron chi connectivity index (χ1n) is 8.35. The Balaban J connectivity index is 0.00000121. The molecule has 3 heterocycles. The van der Waals surface area contributed by atoms with Crippen LogP contribution >= 0.6 is 24.8 Å². The maximum atomic E-state index is 13.6. The lowest BCUT2D eigenvalue weighted by atomic mass is 10.0. The summed E-state index contributed by atoms with van der Waals surface area (Å²) < 4.78 is 15.8. The van der Waals surface area contributed by atoms with Gasteiger partial charge in [0.1, 0.15) is 11.5 Å². The number of pyridine rings is 1. The second-order valence-corrected chi connectivity index (χ2v) is 6.32. The highest BCUT2D eigenvalue weighted by atomic mass is 35.5. The molecule has 1 aliphatic rings. The zero-order valence-electron chi connectivity index (χ0n) is 14.6. The molecular formula is C19H23Cl2FN4. The zero-order chi connectivity index (χ0) is 16.5. The molecule has 140 valence electrons. The Morgan fingerprint density at radius 3 is 2.85 bits per heavy atom. The first kappa shape index (κ1) is 20.6. The van der Waals surface area contributed by atoms with Crippen molar-refractivity contribution in [2.45, 2.75) is 19.5 Å². The van der Waals surface area contributed by atoms with Gasteiger partial charge in [0.15, 0.2) is 0 Å². The molecule has 0 amide bonds. The highest BCUT2D eigenvalue weighted by Crippen LogP contribution is 2.26. The van der Waals surface area contributed by atoms with Crippen LogP contribution in [0.4, 0.5) is 4.39 Å². The van der Waals surface area contributed by atoms with Gasteiger partial charge >= 0.3 is 0 Å². The molecule has 1 atom stereocenters. The van der Waals surface area contributed by atoms with Crippen molar-refractivity contribution in [3.8, 4) is 0 Å². The second-order valence-electron chi connectivity index (χ2n) is 6.32. The molecule has 0 radical (unpaired) electrons. The van der Waals surface area contributed by atoms with Crippen LogP contribution in [-0.2, 0) is 6.54 Å². The fourth-order valence-electron chi connectivity index (χ4n) is 3.53. The van der Waals surface area contributed by atoms with Gasteiger partial charge in [-0.25, -0.2) is 9.37 Å². The van der Waals surface area contributed by atoms with Crippen LogP contribution < -0.4 is 5.32 Å². The Kier molecular flexibility index (Phi) is 7.01. The Labute approximate surface area is 165 Å². The molecule has 1 saturated heterocycles. The standard InChI is InChI=1S/C19H21FN4.2ClH/c1-14-18(24-9-3-2-7-19(24)22-14)13-23-10-8-21-12-17(23)15-5-4-6-16(20)11-15;;/h2-7,9,11,17,21H,8,10,12-13H2,1H3;2*1H. The van der Waals surface area contributed by atoms with Gasteiger partial charge in [-0.15, -0.1) is 24.8 Å². The average molecular weight is 397 g/mol. The number of imidazole rings is 1. The van der Waals surface area contributed by atoms with E-state index in [0.717, 1.165) is 43.1 Å². The minimum absolute atomic E-state index is 0. The van der Waals surface area contributed by atoms with Crippen LogP contribution in [0.5, 0.6) is 0 Å². The third-order valence-electron chi connectivity index (χ3n) is 4.77. The van der Waals surface area contributed by atoms with E-state index in [1.807, 2.05) is 24.3 Å². The first-order valence-corrected chi connectivity index (χ1v) is 8.35. The Morgan fingerprint density at radius 1 is 1.19 bits per heavy atom. The van der Waals surface area contributed by atoms with Crippen molar-refractivity contribution in [2.75, 3.05) is 19.6 Å². The number of nitrogens with zero attached hydrogens (tertiary/aromatic N) is 3. The van der Waals surface area contributed by atoms with Crippen molar-refractivity contribution in [3.63, 3.8) is 0 Å². The van der Waals surface area contributed by atoms with Crippen LogP contribution in [0.15, 0.2) is 48.7 Å². The number of hydrogen-bond donors (Lipinski definition) is 1. The summed E-state index contributed by atoms with van der Waals surface area (Å²) in [5, 5.41) is 3.43. The Morgan fingerprint density at radius 2 is 2.04 bits per heavy atom. The Bertz CT molecular complexity index is 868. The van der Waals surface area contributed by atoms with Crippen molar-refractivity contribution < 1.29 is 4.39 Å². The molecule has 0 aliphatic carbocycles. The van der Waals surface area contributed by atoms with E-state index in [4.69, 9.17) is 0 Å². The summed E-state index contributed by atoms with van der Waals surface area (Å²) in [6.07, 6.45) is 2.06. The summed E-state index contributed by atoms with van der Waals surface area (Å²) in [5.74, 6) is -0.177. The topological polar surface area (TPSA) is 32.6 Å². The summed E-state index contributed by atoms with van der Waals surface area (Å²) in [7, 11) is 0. The zero-order valence-corrected chi connectivity index (χ0v) is 16.2. The van der Waals surface area contributed by atoms with E-state index in [1.165, 1.54) is 11.8 Å². The molecule has 1 fully saturated rings. The SMILES string of the molecule is Cc1nc2ccccn2c1CN1CCNCC1c1cccc(F)c1.Cl.Cl. The molecule has 2 aromatic heterocycles. The number of hydrogen-bond acceptors (Lipinski definition) is 3.